The topological polar surface area (TPSA) is 83.7 Å². The second-order valence-electron chi connectivity index (χ2n) is 5.53. The third kappa shape index (κ3) is 2.92. The molecule has 7 heteroatoms. The van der Waals surface area contributed by atoms with E-state index in [-0.39, 0.29) is 13.1 Å². The van der Waals surface area contributed by atoms with Gasteiger partial charge in [0, 0.05) is 18.2 Å². The molecule has 124 valence electrons. The minimum absolute atomic E-state index is 0.0810. The molecule has 0 saturated carbocycles. The van der Waals surface area contributed by atoms with Crippen LogP contribution in [-0.4, -0.2) is 39.3 Å². The molecular weight excluding hydrogens is 310 g/mol. The molecule has 1 fully saturated rings. The number of urea groups is 1. The lowest BCUT2D eigenvalue weighted by Crippen LogP contribution is -2.33. The lowest BCUT2D eigenvalue weighted by molar-refractivity contribution is -0.143. The van der Waals surface area contributed by atoms with Gasteiger partial charge in [-0.15, -0.1) is 0 Å². The predicted molar refractivity (Wildman–Crippen MR) is 84.5 cm³/mol. The first-order valence-corrected chi connectivity index (χ1v) is 7.80. The van der Waals surface area contributed by atoms with Gasteiger partial charge in [0.05, 0.1) is 6.54 Å². The van der Waals surface area contributed by atoms with Gasteiger partial charge < -0.3 is 4.52 Å². The average Bonchev–Trinajstić information content (AvgIpc) is 3.15. The van der Waals surface area contributed by atoms with Crippen molar-refractivity contribution in [2.24, 2.45) is 0 Å². The summed E-state index contributed by atoms with van der Waals surface area (Å²) < 4.78 is 5.25. The minimum atomic E-state index is -0.819. The first-order chi connectivity index (χ1) is 11.6. The molecule has 1 aliphatic rings. The Balaban J connectivity index is 1.74. The van der Waals surface area contributed by atoms with Crippen LogP contribution in [0.15, 0.2) is 40.9 Å². The summed E-state index contributed by atoms with van der Waals surface area (Å²) >= 11 is 0. The van der Waals surface area contributed by atoms with Gasteiger partial charge in [-0.1, -0.05) is 48.8 Å². The van der Waals surface area contributed by atoms with Gasteiger partial charge in [0.2, 0.25) is 0 Å². The van der Waals surface area contributed by atoms with E-state index >= 15 is 0 Å². The highest BCUT2D eigenvalue weighted by Gasteiger charge is 2.44. The molecule has 1 aromatic heterocycles. The van der Waals surface area contributed by atoms with Gasteiger partial charge in [-0.3, -0.25) is 14.5 Å². The molecule has 0 bridgehead atoms. The lowest BCUT2D eigenvalue weighted by Gasteiger charge is -2.13. The van der Waals surface area contributed by atoms with Crippen molar-refractivity contribution in [1.82, 2.24) is 15.0 Å². The molecule has 0 spiro atoms. The van der Waals surface area contributed by atoms with E-state index in [1.807, 2.05) is 37.3 Å². The zero-order valence-corrected chi connectivity index (χ0v) is 13.3. The second-order valence-corrected chi connectivity index (χ2v) is 5.53. The summed E-state index contributed by atoms with van der Waals surface area (Å²) in [6, 6.07) is 10.4. The maximum absolute atomic E-state index is 12.3. The van der Waals surface area contributed by atoms with E-state index < -0.39 is 17.8 Å². The van der Waals surface area contributed by atoms with E-state index in [1.54, 1.807) is 6.07 Å². The van der Waals surface area contributed by atoms with Crippen molar-refractivity contribution in [3.05, 3.63) is 42.1 Å². The quantitative estimate of drug-likeness (QED) is 0.601. The molecule has 0 unspecified atom stereocenters. The predicted octanol–water partition coefficient (Wildman–Crippen LogP) is 2.43. The van der Waals surface area contributed by atoms with Crippen molar-refractivity contribution < 1.29 is 18.9 Å². The van der Waals surface area contributed by atoms with E-state index in [0.717, 1.165) is 21.8 Å². The molecule has 1 aromatic carbocycles. The molecule has 2 aromatic rings. The number of nitrogens with zero attached hydrogens (tertiary/aromatic N) is 3. The summed E-state index contributed by atoms with van der Waals surface area (Å²) in [6.45, 7) is 2.12. The Morgan fingerprint density at radius 3 is 2.46 bits per heavy atom. The fraction of sp³-hybridized carbons (Fsp3) is 0.294. The summed E-state index contributed by atoms with van der Waals surface area (Å²) in [6.07, 6.45) is 1.50. The van der Waals surface area contributed by atoms with Crippen LogP contribution >= 0.6 is 0 Å². The first kappa shape index (κ1) is 15.9. The van der Waals surface area contributed by atoms with Crippen molar-refractivity contribution in [2.75, 3.05) is 6.54 Å². The average molecular weight is 327 g/mol. The van der Waals surface area contributed by atoms with Crippen molar-refractivity contribution in [3.63, 3.8) is 0 Å². The molecule has 3 rings (SSSR count). The molecular formula is C17H17N3O4. The highest BCUT2D eigenvalue weighted by atomic mass is 16.5. The van der Waals surface area contributed by atoms with E-state index in [2.05, 4.69) is 5.16 Å². The lowest BCUT2D eigenvalue weighted by atomic mass is 10.1. The van der Waals surface area contributed by atoms with Gasteiger partial charge in [0.25, 0.3) is 0 Å². The third-order valence-electron chi connectivity index (χ3n) is 3.81. The van der Waals surface area contributed by atoms with Gasteiger partial charge >= 0.3 is 17.8 Å². The van der Waals surface area contributed by atoms with Crippen LogP contribution in [0.5, 0.6) is 0 Å². The van der Waals surface area contributed by atoms with Gasteiger partial charge in [-0.2, -0.15) is 0 Å². The molecule has 1 aliphatic heterocycles. The van der Waals surface area contributed by atoms with Crippen LogP contribution in [0, 0.1) is 0 Å². The molecule has 2 heterocycles. The van der Waals surface area contributed by atoms with Gasteiger partial charge in [0.15, 0.2) is 5.76 Å². The third-order valence-corrected chi connectivity index (χ3v) is 3.81. The Hall–Kier alpha value is -2.96. The van der Waals surface area contributed by atoms with E-state index in [4.69, 9.17) is 4.52 Å². The van der Waals surface area contributed by atoms with Gasteiger partial charge in [0.1, 0.15) is 5.69 Å². The van der Waals surface area contributed by atoms with Gasteiger partial charge in [-0.25, -0.2) is 9.69 Å². The molecule has 0 radical (unpaired) electrons. The van der Waals surface area contributed by atoms with Crippen LogP contribution in [0.25, 0.3) is 11.3 Å². The monoisotopic (exact) mass is 327 g/mol. The summed E-state index contributed by atoms with van der Waals surface area (Å²) in [5, 5.41) is 3.89. The Kier molecular flexibility index (Phi) is 4.41. The zero-order valence-electron chi connectivity index (χ0n) is 13.3. The zero-order chi connectivity index (χ0) is 17.1. The molecule has 24 heavy (non-hydrogen) atoms. The highest BCUT2D eigenvalue weighted by Crippen LogP contribution is 2.22. The maximum Gasteiger partial charge on any atom is 0.334 e. The normalized spacial score (nSPS) is 14.8. The van der Waals surface area contributed by atoms with Crippen LogP contribution in [0.3, 0.4) is 0 Å². The Bertz CT molecular complexity index is 769. The summed E-state index contributed by atoms with van der Waals surface area (Å²) in [5.41, 5.74) is 1.26. The molecule has 0 N–H and O–H groups in total. The number of hydrogen-bond donors (Lipinski definition) is 0. The van der Waals surface area contributed by atoms with E-state index in [1.165, 1.54) is 0 Å². The highest BCUT2D eigenvalue weighted by molar-refractivity contribution is 6.44. The van der Waals surface area contributed by atoms with Crippen molar-refractivity contribution in [2.45, 2.75) is 26.3 Å². The van der Waals surface area contributed by atoms with Crippen molar-refractivity contribution >= 4 is 17.8 Å². The maximum atomic E-state index is 12.3. The summed E-state index contributed by atoms with van der Waals surface area (Å²) in [4.78, 5) is 38.1. The largest absolute Gasteiger partial charge is 0.356 e. The van der Waals surface area contributed by atoms with E-state index in [9.17, 15) is 14.4 Å². The number of aromatic nitrogens is 1. The number of benzene rings is 1. The number of amides is 4. The molecule has 7 nitrogen and oxygen atoms in total. The Labute approximate surface area is 138 Å². The molecule has 4 amide bonds. The number of unbranched alkanes of at least 4 members (excludes halogenated alkanes) is 1. The summed E-state index contributed by atoms with van der Waals surface area (Å²) in [5.74, 6) is -1.06. The van der Waals surface area contributed by atoms with Gasteiger partial charge in [-0.05, 0) is 6.42 Å². The number of carbonyl (C=O) groups is 3. The molecule has 0 aliphatic carbocycles. The fourth-order valence-corrected chi connectivity index (χ4v) is 2.49. The number of rotatable bonds is 6. The van der Waals surface area contributed by atoms with Crippen LogP contribution < -0.4 is 0 Å². The van der Waals surface area contributed by atoms with Crippen LogP contribution in [0.1, 0.15) is 25.5 Å². The standard InChI is InChI=1S/C17H17N3O4/c1-2-3-9-19-15(21)16(22)20(17(19)23)11-13-10-14(24-18-13)12-7-5-4-6-8-12/h4-8,10H,2-3,9,11H2,1H3. The van der Waals surface area contributed by atoms with Crippen LogP contribution in [-0.2, 0) is 16.1 Å². The van der Waals surface area contributed by atoms with Crippen molar-refractivity contribution in [3.8, 4) is 11.3 Å². The van der Waals surface area contributed by atoms with E-state index in [0.29, 0.717) is 17.9 Å². The summed E-state index contributed by atoms with van der Waals surface area (Å²) in [7, 11) is 0. The van der Waals surface area contributed by atoms with Crippen LogP contribution in [0.2, 0.25) is 0 Å². The Morgan fingerprint density at radius 1 is 1.04 bits per heavy atom. The first-order valence-electron chi connectivity index (χ1n) is 7.80. The molecule has 1 saturated heterocycles. The number of carbonyl (C=O) groups excluding carboxylic acids is 3. The number of imide groups is 2. The molecule has 0 atom stereocenters. The number of hydrogen-bond acceptors (Lipinski definition) is 5. The SMILES string of the molecule is CCCCN1C(=O)C(=O)N(Cc2cc(-c3ccccc3)on2)C1=O. The van der Waals surface area contributed by atoms with Crippen LogP contribution in [0.4, 0.5) is 4.79 Å². The fourth-order valence-electron chi connectivity index (χ4n) is 2.49. The minimum Gasteiger partial charge on any atom is -0.356 e. The second kappa shape index (κ2) is 6.66. The smallest absolute Gasteiger partial charge is 0.334 e. The Morgan fingerprint density at radius 2 is 1.75 bits per heavy atom. The van der Waals surface area contributed by atoms with Crippen molar-refractivity contribution in [1.29, 1.82) is 0 Å².